The Balaban J connectivity index is 2.12. The third-order valence-corrected chi connectivity index (χ3v) is 6.60. The first-order valence-corrected chi connectivity index (χ1v) is 8.67. The Morgan fingerprint density at radius 3 is 2.61 bits per heavy atom. The summed E-state index contributed by atoms with van der Waals surface area (Å²) in [5.74, 6) is 0.679. The van der Waals surface area contributed by atoms with Crippen molar-refractivity contribution in [1.29, 1.82) is 0 Å². The van der Waals surface area contributed by atoms with Gasteiger partial charge in [-0.2, -0.15) is 4.31 Å². The second-order valence-corrected chi connectivity index (χ2v) is 7.64. The van der Waals surface area contributed by atoms with Crippen LogP contribution in [0.2, 0.25) is 0 Å². The highest BCUT2D eigenvalue weighted by atomic mass is 32.2. The summed E-state index contributed by atoms with van der Waals surface area (Å²) in [5.41, 5.74) is 5.52. The number of hydrogen-bond acceptors (Lipinski definition) is 4. The minimum atomic E-state index is -3.29. The molecule has 18 heavy (non-hydrogen) atoms. The number of nitrogens with zero attached hydrogens (tertiary/aromatic N) is 1. The quantitative estimate of drug-likeness (QED) is 0.922. The average Bonchev–Trinajstić information content (AvgIpc) is 2.88. The molecule has 2 rings (SSSR count). The van der Waals surface area contributed by atoms with Crippen LogP contribution in [-0.2, 0) is 16.6 Å². The molecule has 2 heterocycles. The van der Waals surface area contributed by atoms with Gasteiger partial charge in [-0.25, -0.2) is 8.42 Å². The number of thiophene rings is 1. The summed E-state index contributed by atoms with van der Waals surface area (Å²) in [4.78, 5) is 1.32. The van der Waals surface area contributed by atoms with Crippen molar-refractivity contribution in [2.75, 3.05) is 13.1 Å². The Morgan fingerprint density at radius 1 is 1.44 bits per heavy atom. The van der Waals surface area contributed by atoms with Gasteiger partial charge in [0.15, 0.2) is 0 Å². The van der Waals surface area contributed by atoms with Gasteiger partial charge in [0.2, 0.25) is 10.0 Å². The third-order valence-electron chi connectivity index (χ3n) is 3.62. The number of piperidine rings is 1. The van der Waals surface area contributed by atoms with Crippen LogP contribution in [-0.4, -0.2) is 25.8 Å². The molecule has 0 bridgehead atoms. The molecule has 1 aromatic heterocycles. The molecule has 102 valence electrons. The van der Waals surface area contributed by atoms with E-state index in [0.717, 1.165) is 24.1 Å². The van der Waals surface area contributed by atoms with Crippen molar-refractivity contribution >= 4 is 21.4 Å². The molecule has 0 radical (unpaired) electrons. The van der Waals surface area contributed by atoms with E-state index in [1.54, 1.807) is 15.8 Å². The SMILES string of the molecule is CCC1CCN(S(=O)(=O)c2csc(CN)c2)CC1. The summed E-state index contributed by atoms with van der Waals surface area (Å²) in [6, 6.07) is 1.70. The second-order valence-electron chi connectivity index (χ2n) is 4.71. The monoisotopic (exact) mass is 288 g/mol. The van der Waals surface area contributed by atoms with Crippen LogP contribution in [0.25, 0.3) is 0 Å². The van der Waals surface area contributed by atoms with Gasteiger partial charge in [0.05, 0.1) is 4.90 Å². The molecule has 0 atom stereocenters. The van der Waals surface area contributed by atoms with Crippen LogP contribution in [0.15, 0.2) is 16.3 Å². The molecule has 1 saturated heterocycles. The fourth-order valence-electron chi connectivity index (χ4n) is 2.31. The minimum Gasteiger partial charge on any atom is -0.326 e. The fraction of sp³-hybridized carbons (Fsp3) is 0.667. The molecule has 0 aliphatic carbocycles. The number of sulfonamides is 1. The number of rotatable bonds is 4. The van der Waals surface area contributed by atoms with E-state index >= 15 is 0 Å². The highest BCUT2D eigenvalue weighted by Gasteiger charge is 2.29. The van der Waals surface area contributed by atoms with Crippen LogP contribution in [0.4, 0.5) is 0 Å². The van der Waals surface area contributed by atoms with Crippen LogP contribution in [0, 0.1) is 5.92 Å². The Kier molecular flexibility index (Phi) is 4.42. The normalized spacial score (nSPS) is 19.2. The van der Waals surface area contributed by atoms with Crippen LogP contribution in [0.1, 0.15) is 31.1 Å². The lowest BCUT2D eigenvalue weighted by Gasteiger charge is -2.30. The minimum absolute atomic E-state index is 0.401. The lowest BCUT2D eigenvalue weighted by atomic mass is 9.96. The van der Waals surface area contributed by atoms with Crippen molar-refractivity contribution < 1.29 is 8.42 Å². The van der Waals surface area contributed by atoms with E-state index < -0.39 is 10.0 Å². The van der Waals surface area contributed by atoms with Gasteiger partial charge in [0.1, 0.15) is 0 Å². The molecule has 1 fully saturated rings. The molecular weight excluding hydrogens is 268 g/mol. The van der Waals surface area contributed by atoms with Gasteiger partial charge in [0.25, 0.3) is 0 Å². The molecule has 0 aromatic carbocycles. The van der Waals surface area contributed by atoms with Crippen molar-refractivity contribution in [3.8, 4) is 0 Å². The van der Waals surface area contributed by atoms with Crippen molar-refractivity contribution in [2.45, 2.75) is 37.6 Å². The van der Waals surface area contributed by atoms with E-state index in [9.17, 15) is 8.42 Å². The van der Waals surface area contributed by atoms with Gasteiger partial charge >= 0.3 is 0 Å². The highest BCUT2D eigenvalue weighted by molar-refractivity contribution is 7.89. The predicted molar refractivity (Wildman–Crippen MR) is 74.0 cm³/mol. The van der Waals surface area contributed by atoms with E-state index in [-0.39, 0.29) is 0 Å². The maximum atomic E-state index is 12.4. The summed E-state index contributed by atoms with van der Waals surface area (Å²) in [6.07, 6.45) is 3.09. The van der Waals surface area contributed by atoms with Crippen LogP contribution < -0.4 is 5.73 Å². The van der Waals surface area contributed by atoms with Gasteiger partial charge in [-0.1, -0.05) is 13.3 Å². The van der Waals surface area contributed by atoms with E-state index in [4.69, 9.17) is 5.73 Å². The van der Waals surface area contributed by atoms with Gasteiger partial charge < -0.3 is 5.73 Å². The van der Waals surface area contributed by atoms with E-state index in [1.807, 2.05) is 0 Å². The lowest BCUT2D eigenvalue weighted by Crippen LogP contribution is -2.38. The molecule has 1 aromatic rings. The Labute approximate surface area is 113 Å². The van der Waals surface area contributed by atoms with Gasteiger partial charge in [-0.3, -0.25) is 0 Å². The molecule has 0 saturated carbocycles. The fourth-order valence-corrected chi connectivity index (χ4v) is 4.92. The molecule has 0 amide bonds. The molecule has 6 heteroatoms. The second kappa shape index (κ2) is 5.69. The summed E-state index contributed by atoms with van der Waals surface area (Å²) in [7, 11) is -3.29. The standard InChI is InChI=1S/C12H20N2O2S2/c1-2-10-3-5-14(6-4-10)18(15,16)12-7-11(8-13)17-9-12/h7,9-10H,2-6,8,13H2,1H3. The van der Waals surface area contributed by atoms with Gasteiger partial charge in [0, 0.05) is 29.9 Å². The number of hydrogen-bond donors (Lipinski definition) is 1. The van der Waals surface area contributed by atoms with Crippen molar-refractivity contribution in [3.05, 3.63) is 16.3 Å². The Morgan fingerprint density at radius 2 is 2.11 bits per heavy atom. The zero-order valence-electron chi connectivity index (χ0n) is 10.6. The summed E-state index contributed by atoms with van der Waals surface area (Å²) >= 11 is 1.41. The third kappa shape index (κ3) is 2.77. The van der Waals surface area contributed by atoms with Crippen molar-refractivity contribution in [2.24, 2.45) is 11.7 Å². The molecule has 1 aliphatic heterocycles. The summed E-state index contributed by atoms with van der Waals surface area (Å²) in [5, 5.41) is 1.70. The molecule has 4 nitrogen and oxygen atoms in total. The largest absolute Gasteiger partial charge is 0.326 e. The van der Waals surface area contributed by atoms with Crippen LogP contribution >= 0.6 is 11.3 Å². The van der Waals surface area contributed by atoms with Crippen LogP contribution in [0.5, 0.6) is 0 Å². The zero-order valence-corrected chi connectivity index (χ0v) is 12.3. The zero-order chi connectivity index (χ0) is 13.2. The summed E-state index contributed by atoms with van der Waals surface area (Å²) in [6.45, 7) is 3.86. The molecule has 1 aliphatic rings. The molecule has 0 spiro atoms. The first-order chi connectivity index (χ1) is 8.57. The van der Waals surface area contributed by atoms with Gasteiger partial charge in [-0.15, -0.1) is 11.3 Å². The lowest BCUT2D eigenvalue weighted by molar-refractivity contribution is 0.269. The van der Waals surface area contributed by atoms with E-state index in [0.29, 0.717) is 30.4 Å². The predicted octanol–water partition coefficient (Wildman–Crippen LogP) is 2.02. The topological polar surface area (TPSA) is 63.4 Å². The average molecular weight is 288 g/mol. The number of nitrogens with two attached hydrogens (primary N) is 1. The first-order valence-electron chi connectivity index (χ1n) is 6.35. The van der Waals surface area contributed by atoms with Gasteiger partial charge in [-0.05, 0) is 24.8 Å². The maximum Gasteiger partial charge on any atom is 0.243 e. The van der Waals surface area contributed by atoms with E-state index in [2.05, 4.69) is 6.92 Å². The Hall–Kier alpha value is -0.430. The maximum absolute atomic E-state index is 12.4. The summed E-state index contributed by atoms with van der Waals surface area (Å²) < 4.78 is 26.4. The van der Waals surface area contributed by atoms with E-state index in [1.165, 1.54) is 11.3 Å². The van der Waals surface area contributed by atoms with Crippen molar-refractivity contribution in [1.82, 2.24) is 4.31 Å². The molecule has 2 N–H and O–H groups in total. The first kappa shape index (κ1) is 14.0. The smallest absolute Gasteiger partial charge is 0.243 e. The van der Waals surface area contributed by atoms with Crippen LogP contribution in [0.3, 0.4) is 0 Å². The molecular formula is C12H20N2O2S2. The molecule has 0 unspecified atom stereocenters. The Bertz CT molecular complexity index is 488. The van der Waals surface area contributed by atoms with Crippen molar-refractivity contribution in [3.63, 3.8) is 0 Å². The highest BCUT2D eigenvalue weighted by Crippen LogP contribution is 2.27.